The third-order valence-corrected chi connectivity index (χ3v) is 4.22. The summed E-state index contributed by atoms with van der Waals surface area (Å²) in [5.41, 5.74) is 2.20. The van der Waals surface area contributed by atoms with E-state index in [2.05, 4.69) is 53.0 Å². The first-order chi connectivity index (χ1) is 12.1. The minimum absolute atomic E-state index is 0.255. The fourth-order valence-corrected chi connectivity index (χ4v) is 2.70. The highest BCUT2D eigenvalue weighted by Gasteiger charge is 2.11. The number of benzene rings is 1. The van der Waals surface area contributed by atoms with Crippen LogP contribution in [0.1, 0.15) is 38.2 Å². The maximum atomic E-state index is 12.3. The zero-order valence-electron chi connectivity index (χ0n) is 15.5. The van der Waals surface area contributed by atoms with Crippen LogP contribution in [0.5, 0.6) is 0 Å². The molecule has 0 aliphatic heterocycles. The fourth-order valence-electron chi connectivity index (χ4n) is 2.70. The second-order valence-corrected chi connectivity index (χ2v) is 5.62. The highest BCUT2D eigenvalue weighted by Crippen LogP contribution is 2.18. The molecule has 0 spiro atoms. The number of nitrogens with zero attached hydrogens (tertiary/aromatic N) is 4. The molecule has 6 nitrogen and oxygen atoms in total. The number of aromatic nitrogens is 2. The van der Waals surface area contributed by atoms with Gasteiger partial charge < -0.3 is 15.1 Å². The van der Waals surface area contributed by atoms with E-state index in [1.54, 1.807) is 6.07 Å². The number of nitrogens with one attached hydrogen (secondary N) is 1. The number of amides is 1. The Hall–Kier alpha value is -2.63. The summed E-state index contributed by atoms with van der Waals surface area (Å²) in [7, 11) is 0. The Kier molecular flexibility index (Phi) is 6.74. The Balaban J connectivity index is 2.04. The van der Waals surface area contributed by atoms with Crippen molar-refractivity contribution in [1.29, 1.82) is 0 Å². The van der Waals surface area contributed by atoms with E-state index in [0.717, 1.165) is 43.4 Å². The molecular formula is C19H27N5O. The van der Waals surface area contributed by atoms with Crippen molar-refractivity contribution in [3.05, 3.63) is 42.1 Å². The normalized spacial score (nSPS) is 10.4. The van der Waals surface area contributed by atoms with Gasteiger partial charge in [0.2, 0.25) is 0 Å². The lowest BCUT2D eigenvalue weighted by atomic mass is 10.2. The molecule has 0 saturated carbocycles. The molecule has 1 amide bonds. The Morgan fingerprint density at radius 3 is 1.92 bits per heavy atom. The van der Waals surface area contributed by atoms with E-state index in [0.29, 0.717) is 5.69 Å². The van der Waals surface area contributed by atoms with Crippen molar-refractivity contribution in [1.82, 2.24) is 10.2 Å². The van der Waals surface area contributed by atoms with E-state index >= 15 is 0 Å². The van der Waals surface area contributed by atoms with Crippen LogP contribution in [0.25, 0.3) is 0 Å². The molecule has 0 aliphatic rings. The van der Waals surface area contributed by atoms with Crippen molar-refractivity contribution >= 4 is 23.1 Å². The van der Waals surface area contributed by atoms with Crippen LogP contribution in [0.15, 0.2) is 36.4 Å². The van der Waals surface area contributed by atoms with Gasteiger partial charge in [0.1, 0.15) is 0 Å². The zero-order valence-corrected chi connectivity index (χ0v) is 15.5. The standard InChI is InChI=1S/C19H27N5O/c1-5-23(6-2)16-11-9-15(10-12-16)20-19(25)17-13-14-18(22-21-17)24(7-3)8-4/h9-14H,5-8H2,1-4H3,(H,20,25). The number of anilines is 3. The van der Waals surface area contributed by atoms with Crippen molar-refractivity contribution < 1.29 is 4.79 Å². The summed E-state index contributed by atoms with van der Waals surface area (Å²) in [5, 5.41) is 11.1. The summed E-state index contributed by atoms with van der Waals surface area (Å²) >= 11 is 0. The van der Waals surface area contributed by atoms with Gasteiger partial charge in [-0.1, -0.05) is 0 Å². The van der Waals surface area contributed by atoms with Crippen LogP contribution < -0.4 is 15.1 Å². The topological polar surface area (TPSA) is 61.4 Å². The van der Waals surface area contributed by atoms with E-state index in [1.807, 2.05) is 30.3 Å². The second kappa shape index (κ2) is 9.01. The van der Waals surface area contributed by atoms with Gasteiger partial charge in [0.25, 0.3) is 5.91 Å². The summed E-state index contributed by atoms with van der Waals surface area (Å²) in [5.74, 6) is 0.527. The van der Waals surface area contributed by atoms with Gasteiger partial charge in [0.15, 0.2) is 11.5 Å². The van der Waals surface area contributed by atoms with Gasteiger partial charge in [-0.3, -0.25) is 4.79 Å². The van der Waals surface area contributed by atoms with Crippen molar-refractivity contribution in [2.24, 2.45) is 0 Å². The van der Waals surface area contributed by atoms with Crippen molar-refractivity contribution in [3.8, 4) is 0 Å². The van der Waals surface area contributed by atoms with Crippen LogP contribution in [0.4, 0.5) is 17.2 Å². The van der Waals surface area contributed by atoms with Crippen molar-refractivity contribution in [2.45, 2.75) is 27.7 Å². The molecule has 25 heavy (non-hydrogen) atoms. The Morgan fingerprint density at radius 1 is 0.840 bits per heavy atom. The predicted molar refractivity (Wildman–Crippen MR) is 104 cm³/mol. The van der Waals surface area contributed by atoms with Gasteiger partial charge in [-0.15, -0.1) is 10.2 Å². The quantitative estimate of drug-likeness (QED) is 0.797. The van der Waals surface area contributed by atoms with E-state index in [1.165, 1.54) is 0 Å². The molecule has 1 N–H and O–H groups in total. The van der Waals surface area contributed by atoms with Gasteiger partial charge in [-0.25, -0.2) is 0 Å². The van der Waals surface area contributed by atoms with Crippen molar-refractivity contribution in [2.75, 3.05) is 41.3 Å². The van der Waals surface area contributed by atoms with Gasteiger partial charge in [-0.05, 0) is 64.1 Å². The van der Waals surface area contributed by atoms with Gasteiger partial charge in [-0.2, -0.15) is 0 Å². The highest BCUT2D eigenvalue weighted by atomic mass is 16.1. The summed E-state index contributed by atoms with van der Waals surface area (Å²) in [6.07, 6.45) is 0. The Labute approximate surface area is 149 Å². The van der Waals surface area contributed by atoms with Crippen LogP contribution in [-0.2, 0) is 0 Å². The smallest absolute Gasteiger partial charge is 0.276 e. The molecule has 0 fully saturated rings. The number of carbonyl (C=O) groups is 1. The molecule has 0 atom stereocenters. The lowest BCUT2D eigenvalue weighted by Crippen LogP contribution is -2.24. The average molecular weight is 341 g/mol. The number of rotatable bonds is 8. The number of hydrogen-bond acceptors (Lipinski definition) is 5. The summed E-state index contributed by atoms with van der Waals surface area (Å²) in [6, 6.07) is 11.4. The van der Waals surface area contributed by atoms with Crippen LogP contribution in [-0.4, -0.2) is 42.3 Å². The Morgan fingerprint density at radius 2 is 1.44 bits per heavy atom. The van der Waals surface area contributed by atoms with Gasteiger partial charge >= 0.3 is 0 Å². The molecule has 1 aromatic heterocycles. The average Bonchev–Trinajstić information content (AvgIpc) is 2.65. The van der Waals surface area contributed by atoms with E-state index in [-0.39, 0.29) is 5.91 Å². The van der Waals surface area contributed by atoms with Crippen molar-refractivity contribution in [3.63, 3.8) is 0 Å². The summed E-state index contributed by atoms with van der Waals surface area (Å²) in [4.78, 5) is 16.7. The molecule has 2 aromatic rings. The molecule has 6 heteroatoms. The molecule has 0 bridgehead atoms. The first kappa shape index (κ1) is 18.7. The number of hydrogen-bond donors (Lipinski definition) is 1. The van der Waals surface area contributed by atoms with Gasteiger partial charge in [0.05, 0.1) is 0 Å². The molecule has 2 rings (SSSR count). The number of carbonyl (C=O) groups excluding carboxylic acids is 1. The molecular weight excluding hydrogens is 314 g/mol. The molecule has 0 unspecified atom stereocenters. The first-order valence-electron chi connectivity index (χ1n) is 8.87. The first-order valence-corrected chi connectivity index (χ1v) is 8.87. The zero-order chi connectivity index (χ0) is 18.2. The molecule has 1 aromatic carbocycles. The SMILES string of the molecule is CCN(CC)c1ccc(NC(=O)c2ccc(N(CC)CC)nn2)cc1. The predicted octanol–water partition coefficient (Wildman–Crippen LogP) is 3.42. The minimum Gasteiger partial charge on any atom is -0.372 e. The Bertz CT molecular complexity index is 661. The summed E-state index contributed by atoms with van der Waals surface area (Å²) in [6.45, 7) is 12.0. The molecule has 1 heterocycles. The van der Waals surface area contributed by atoms with Crippen LogP contribution >= 0.6 is 0 Å². The summed E-state index contributed by atoms with van der Waals surface area (Å²) < 4.78 is 0. The second-order valence-electron chi connectivity index (χ2n) is 5.62. The maximum Gasteiger partial charge on any atom is 0.276 e. The van der Waals surface area contributed by atoms with E-state index in [9.17, 15) is 4.79 Å². The lowest BCUT2D eigenvalue weighted by Gasteiger charge is -2.21. The fraction of sp³-hybridized carbons (Fsp3) is 0.421. The van der Waals surface area contributed by atoms with E-state index < -0.39 is 0 Å². The molecule has 0 aliphatic carbocycles. The third-order valence-electron chi connectivity index (χ3n) is 4.22. The molecule has 0 saturated heterocycles. The lowest BCUT2D eigenvalue weighted by molar-refractivity contribution is 0.102. The third kappa shape index (κ3) is 4.68. The largest absolute Gasteiger partial charge is 0.372 e. The monoisotopic (exact) mass is 341 g/mol. The van der Waals surface area contributed by atoms with Crippen LogP contribution in [0, 0.1) is 0 Å². The molecule has 134 valence electrons. The maximum absolute atomic E-state index is 12.3. The highest BCUT2D eigenvalue weighted by molar-refractivity contribution is 6.02. The van der Waals surface area contributed by atoms with E-state index in [4.69, 9.17) is 0 Å². The minimum atomic E-state index is -0.255. The van der Waals surface area contributed by atoms with Crippen LogP contribution in [0.3, 0.4) is 0 Å². The molecule has 0 radical (unpaired) electrons. The van der Waals surface area contributed by atoms with Gasteiger partial charge in [0, 0.05) is 37.6 Å². The van der Waals surface area contributed by atoms with Crippen LogP contribution in [0.2, 0.25) is 0 Å².